The van der Waals surface area contributed by atoms with Crippen LogP contribution in [0.1, 0.15) is 37.0 Å². The largest absolute Gasteiger partial charge is 0.352 e. The molecule has 3 rings (SSSR count). The molecule has 2 amide bonds. The average Bonchev–Trinajstić information content (AvgIpc) is 2.85. The smallest absolute Gasteiger partial charge is 0.243 e. The highest BCUT2D eigenvalue weighted by atomic mass is 35.5. The van der Waals surface area contributed by atoms with Crippen LogP contribution >= 0.6 is 46.4 Å². The van der Waals surface area contributed by atoms with Gasteiger partial charge < -0.3 is 10.2 Å². The van der Waals surface area contributed by atoms with E-state index in [1.54, 1.807) is 36.4 Å². The minimum Gasteiger partial charge on any atom is -0.352 e. The van der Waals surface area contributed by atoms with Crippen molar-refractivity contribution in [1.29, 1.82) is 0 Å². The van der Waals surface area contributed by atoms with Crippen LogP contribution in [0.5, 0.6) is 0 Å². The van der Waals surface area contributed by atoms with Gasteiger partial charge in [-0.15, -0.1) is 0 Å². The van der Waals surface area contributed by atoms with E-state index in [1.807, 2.05) is 44.2 Å². The van der Waals surface area contributed by atoms with Crippen LogP contribution in [0.3, 0.4) is 0 Å². The SMILES string of the molecule is CCC(C)NC(=O)C(Cc1ccccc1)N(Cc1c(Cl)cccc1Cl)C(=O)Cc1c(Cl)cccc1Cl. The molecule has 0 heterocycles. The summed E-state index contributed by atoms with van der Waals surface area (Å²) < 4.78 is 0. The molecule has 190 valence electrons. The maximum Gasteiger partial charge on any atom is 0.243 e. The van der Waals surface area contributed by atoms with Crippen LogP contribution in [0, 0.1) is 0 Å². The molecule has 2 unspecified atom stereocenters. The van der Waals surface area contributed by atoms with Gasteiger partial charge in [0.05, 0.1) is 6.42 Å². The molecule has 0 saturated heterocycles. The first-order valence-corrected chi connectivity index (χ1v) is 13.2. The van der Waals surface area contributed by atoms with Gasteiger partial charge in [-0.05, 0) is 48.7 Å². The van der Waals surface area contributed by atoms with Gasteiger partial charge in [0.15, 0.2) is 0 Å². The first-order chi connectivity index (χ1) is 17.2. The molecule has 0 saturated carbocycles. The summed E-state index contributed by atoms with van der Waals surface area (Å²) in [6.07, 6.45) is 0.985. The Hall–Kier alpha value is -2.24. The molecule has 0 fully saturated rings. The average molecular weight is 566 g/mol. The van der Waals surface area contributed by atoms with Crippen LogP contribution in [0.25, 0.3) is 0 Å². The highest BCUT2D eigenvalue weighted by molar-refractivity contribution is 6.36. The van der Waals surface area contributed by atoms with Crippen molar-refractivity contribution in [3.8, 4) is 0 Å². The molecule has 36 heavy (non-hydrogen) atoms. The molecule has 3 aromatic carbocycles. The summed E-state index contributed by atoms with van der Waals surface area (Å²) in [6, 6.07) is 18.9. The van der Waals surface area contributed by atoms with Crippen LogP contribution < -0.4 is 5.32 Å². The number of hydrogen-bond donors (Lipinski definition) is 1. The molecule has 8 heteroatoms. The maximum atomic E-state index is 13.9. The van der Waals surface area contributed by atoms with Crippen molar-refractivity contribution in [2.75, 3.05) is 0 Å². The normalized spacial score (nSPS) is 12.6. The second-order valence-electron chi connectivity index (χ2n) is 8.62. The Morgan fingerprint density at radius 1 is 0.806 bits per heavy atom. The predicted molar refractivity (Wildman–Crippen MR) is 149 cm³/mol. The number of rotatable bonds is 10. The summed E-state index contributed by atoms with van der Waals surface area (Å²) in [5.41, 5.74) is 1.98. The van der Waals surface area contributed by atoms with Crippen molar-refractivity contribution in [3.63, 3.8) is 0 Å². The van der Waals surface area contributed by atoms with Gasteiger partial charge in [0.1, 0.15) is 6.04 Å². The lowest BCUT2D eigenvalue weighted by Gasteiger charge is -2.33. The number of amides is 2. The minimum absolute atomic E-state index is 0.0465. The van der Waals surface area contributed by atoms with Crippen LogP contribution in [0.4, 0.5) is 0 Å². The van der Waals surface area contributed by atoms with Crippen molar-refractivity contribution in [1.82, 2.24) is 10.2 Å². The molecule has 0 aliphatic carbocycles. The molecular weight excluding hydrogens is 538 g/mol. The van der Waals surface area contributed by atoms with Gasteiger partial charge in [-0.2, -0.15) is 0 Å². The highest BCUT2D eigenvalue weighted by Crippen LogP contribution is 2.29. The Morgan fingerprint density at radius 3 is 1.86 bits per heavy atom. The van der Waals surface area contributed by atoms with Crippen molar-refractivity contribution in [2.45, 2.75) is 51.7 Å². The van der Waals surface area contributed by atoms with E-state index >= 15 is 0 Å². The van der Waals surface area contributed by atoms with Crippen molar-refractivity contribution < 1.29 is 9.59 Å². The van der Waals surface area contributed by atoms with E-state index < -0.39 is 6.04 Å². The number of carbonyl (C=O) groups excluding carboxylic acids is 2. The van der Waals surface area contributed by atoms with E-state index in [2.05, 4.69) is 5.32 Å². The van der Waals surface area contributed by atoms with Gasteiger partial charge in [0, 0.05) is 44.7 Å². The maximum absolute atomic E-state index is 13.9. The monoisotopic (exact) mass is 564 g/mol. The first kappa shape index (κ1) is 28.3. The number of hydrogen-bond acceptors (Lipinski definition) is 2. The lowest BCUT2D eigenvalue weighted by Crippen LogP contribution is -2.52. The van der Waals surface area contributed by atoms with E-state index in [9.17, 15) is 9.59 Å². The first-order valence-electron chi connectivity index (χ1n) is 11.7. The topological polar surface area (TPSA) is 49.4 Å². The fourth-order valence-corrected chi connectivity index (χ4v) is 4.85. The molecule has 1 N–H and O–H groups in total. The van der Waals surface area contributed by atoms with Crippen molar-refractivity contribution in [2.24, 2.45) is 0 Å². The molecule has 0 bridgehead atoms. The number of halogens is 4. The van der Waals surface area contributed by atoms with E-state index in [4.69, 9.17) is 46.4 Å². The van der Waals surface area contributed by atoms with E-state index in [0.29, 0.717) is 37.6 Å². The third-order valence-corrected chi connectivity index (χ3v) is 7.47. The van der Waals surface area contributed by atoms with Gasteiger partial charge in [-0.25, -0.2) is 0 Å². The van der Waals surface area contributed by atoms with Crippen LogP contribution in [-0.4, -0.2) is 28.8 Å². The second-order valence-corrected chi connectivity index (χ2v) is 10.3. The van der Waals surface area contributed by atoms with Gasteiger partial charge in [-0.1, -0.05) is 95.8 Å². The lowest BCUT2D eigenvalue weighted by atomic mass is 10.0. The number of benzene rings is 3. The highest BCUT2D eigenvalue weighted by Gasteiger charge is 2.32. The standard InChI is InChI=1S/C28H28Cl4N2O2/c1-3-18(2)33-28(36)26(15-19-9-5-4-6-10-19)34(17-21-24(31)13-8-14-25(21)32)27(35)16-20-22(29)11-7-12-23(20)30/h4-14,18,26H,3,15-17H2,1-2H3,(H,33,36). The van der Waals surface area contributed by atoms with E-state index in [1.165, 1.54) is 4.90 Å². The molecule has 3 aromatic rings. The van der Waals surface area contributed by atoms with Gasteiger partial charge >= 0.3 is 0 Å². The summed E-state index contributed by atoms with van der Waals surface area (Å²) in [7, 11) is 0. The summed E-state index contributed by atoms with van der Waals surface area (Å²) in [5.74, 6) is -0.573. The molecule has 2 atom stereocenters. The third-order valence-electron chi connectivity index (χ3n) is 6.05. The molecule has 0 spiro atoms. The lowest BCUT2D eigenvalue weighted by molar-refractivity contribution is -0.141. The van der Waals surface area contributed by atoms with E-state index in [0.717, 1.165) is 12.0 Å². The van der Waals surface area contributed by atoms with Gasteiger partial charge in [0.2, 0.25) is 11.8 Å². The molecule has 4 nitrogen and oxygen atoms in total. The van der Waals surface area contributed by atoms with Crippen LogP contribution in [0.2, 0.25) is 20.1 Å². The van der Waals surface area contributed by atoms with Gasteiger partial charge in [0.25, 0.3) is 0 Å². The Balaban J connectivity index is 2.06. The zero-order chi connectivity index (χ0) is 26.2. The minimum atomic E-state index is -0.817. The zero-order valence-corrected chi connectivity index (χ0v) is 23.1. The Bertz CT molecular complexity index is 1160. The summed E-state index contributed by atoms with van der Waals surface area (Å²) in [6.45, 7) is 3.96. The molecule has 0 radical (unpaired) electrons. The third kappa shape index (κ3) is 7.39. The Labute approximate surface area is 232 Å². The number of carbonyl (C=O) groups is 2. The molecular formula is C28H28Cl4N2O2. The number of nitrogens with zero attached hydrogens (tertiary/aromatic N) is 1. The van der Waals surface area contributed by atoms with Crippen LogP contribution in [-0.2, 0) is 29.0 Å². The summed E-state index contributed by atoms with van der Waals surface area (Å²) in [4.78, 5) is 29.0. The predicted octanol–water partition coefficient (Wildman–Crippen LogP) is 7.40. The van der Waals surface area contributed by atoms with Gasteiger partial charge in [-0.3, -0.25) is 9.59 Å². The molecule has 0 aliphatic rings. The quantitative estimate of drug-likeness (QED) is 0.278. The Kier molecular flexibility index (Phi) is 10.5. The second kappa shape index (κ2) is 13.3. The summed E-state index contributed by atoms with van der Waals surface area (Å²) in [5, 5.41) is 4.63. The van der Waals surface area contributed by atoms with Crippen LogP contribution in [0.15, 0.2) is 66.7 Å². The molecule has 0 aromatic heterocycles. The fraction of sp³-hybridized carbons (Fsp3) is 0.286. The fourth-order valence-electron chi connectivity index (χ4n) is 3.80. The van der Waals surface area contributed by atoms with Crippen molar-refractivity contribution in [3.05, 3.63) is 104 Å². The zero-order valence-electron chi connectivity index (χ0n) is 20.1. The van der Waals surface area contributed by atoms with E-state index in [-0.39, 0.29) is 30.8 Å². The van der Waals surface area contributed by atoms with Crippen molar-refractivity contribution >= 4 is 58.2 Å². The summed E-state index contributed by atoms with van der Waals surface area (Å²) >= 11 is 25.7. The number of nitrogens with one attached hydrogen (secondary N) is 1. The Morgan fingerprint density at radius 2 is 1.33 bits per heavy atom. The molecule has 0 aliphatic heterocycles.